The second-order valence-corrected chi connectivity index (χ2v) is 5.12. The van der Waals surface area contributed by atoms with Crippen molar-refractivity contribution >= 4 is 0 Å². The summed E-state index contributed by atoms with van der Waals surface area (Å²) in [6.45, 7) is 2.04. The van der Waals surface area contributed by atoms with E-state index in [0.717, 1.165) is 25.9 Å². The van der Waals surface area contributed by atoms with Crippen molar-refractivity contribution in [3.8, 4) is 0 Å². The molecule has 1 fully saturated rings. The summed E-state index contributed by atoms with van der Waals surface area (Å²) in [7, 11) is 0. The van der Waals surface area contributed by atoms with Crippen molar-refractivity contribution in [1.82, 2.24) is 4.90 Å². The SMILES string of the molecule is O[C@@H]1CCCN(C2Cc3ccccc3C2)C1. The summed E-state index contributed by atoms with van der Waals surface area (Å²) in [5.74, 6) is 0. The molecule has 2 aliphatic rings. The van der Waals surface area contributed by atoms with Crippen LogP contribution >= 0.6 is 0 Å². The molecule has 0 amide bonds. The standard InChI is InChI=1S/C14H19NO/c16-14-6-3-7-15(10-14)13-8-11-4-1-2-5-12(11)9-13/h1-2,4-5,13-14,16H,3,6-10H2/t14-/m1/s1. The first-order valence-corrected chi connectivity index (χ1v) is 6.32. The fourth-order valence-electron chi connectivity index (χ4n) is 3.11. The summed E-state index contributed by atoms with van der Waals surface area (Å²) >= 11 is 0. The van der Waals surface area contributed by atoms with E-state index < -0.39 is 0 Å². The van der Waals surface area contributed by atoms with E-state index in [1.807, 2.05) is 0 Å². The summed E-state index contributed by atoms with van der Waals surface area (Å²) in [5.41, 5.74) is 3.01. The van der Waals surface area contributed by atoms with Crippen molar-refractivity contribution in [2.24, 2.45) is 0 Å². The van der Waals surface area contributed by atoms with Gasteiger partial charge in [0.1, 0.15) is 0 Å². The Morgan fingerprint density at radius 2 is 1.81 bits per heavy atom. The summed E-state index contributed by atoms with van der Waals surface area (Å²) in [5, 5.41) is 9.72. The maximum atomic E-state index is 9.72. The van der Waals surface area contributed by atoms with Gasteiger partial charge in [-0.05, 0) is 43.4 Å². The molecule has 0 aromatic heterocycles. The second kappa shape index (κ2) is 4.19. The van der Waals surface area contributed by atoms with Crippen LogP contribution in [-0.2, 0) is 12.8 Å². The lowest BCUT2D eigenvalue weighted by molar-refractivity contribution is 0.0487. The monoisotopic (exact) mass is 217 g/mol. The first-order chi connectivity index (χ1) is 7.83. The van der Waals surface area contributed by atoms with Gasteiger partial charge >= 0.3 is 0 Å². The number of aliphatic hydroxyl groups excluding tert-OH is 1. The van der Waals surface area contributed by atoms with Gasteiger partial charge in [0, 0.05) is 12.6 Å². The number of nitrogens with zero attached hydrogens (tertiary/aromatic N) is 1. The molecule has 0 bridgehead atoms. The second-order valence-electron chi connectivity index (χ2n) is 5.12. The van der Waals surface area contributed by atoms with Crippen molar-refractivity contribution in [2.45, 2.75) is 37.8 Å². The highest BCUT2D eigenvalue weighted by molar-refractivity contribution is 5.33. The topological polar surface area (TPSA) is 23.5 Å². The average Bonchev–Trinajstić information content (AvgIpc) is 2.72. The van der Waals surface area contributed by atoms with Crippen molar-refractivity contribution in [3.05, 3.63) is 35.4 Å². The summed E-state index contributed by atoms with van der Waals surface area (Å²) in [6.07, 6.45) is 4.37. The summed E-state index contributed by atoms with van der Waals surface area (Å²) in [6, 6.07) is 9.39. The van der Waals surface area contributed by atoms with Gasteiger partial charge in [-0.25, -0.2) is 0 Å². The molecule has 1 saturated heterocycles. The third-order valence-electron chi connectivity index (χ3n) is 3.97. The van der Waals surface area contributed by atoms with Crippen molar-refractivity contribution in [2.75, 3.05) is 13.1 Å². The predicted molar refractivity (Wildman–Crippen MR) is 64.5 cm³/mol. The normalized spacial score (nSPS) is 26.9. The summed E-state index contributed by atoms with van der Waals surface area (Å²) < 4.78 is 0. The third kappa shape index (κ3) is 1.87. The number of benzene rings is 1. The molecule has 1 aromatic rings. The van der Waals surface area contributed by atoms with Crippen molar-refractivity contribution < 1.29 is 5.11 Å². The maximum Gasteiger partial charge on any atom is 0.0667 e. The molecule has 0 saturated carbocycles. The molecule has 1 atom stereocenters. The number of likely N-dealkylation sites (tertiary alicyclic amines) is 1. The minimum atomic E-state index is -0.0996. The van der Waals surface area contributed by atoms with Crippen LogP contribution in [0.1, 0.15) is 24.0 Å². The molecule has 16 heavy (non-hydrogen) atoms. The molecule has 2 heteroatoms. The Morgan fingerprint density at radius 1 is 1.12 bits per heavy atom. The zero-order chi connectivity index (χ0) is 11.0. The molecule has 2 nitrogen and oxygen atoms in total. The first kappa shape index (κ1) is 10.3. The highest BCUT2D eigenvalue weighted by Crippen LogP contribution is 2.27. The van der Waals surface area contributed by atoms with Crippen molar-refractivity contribution in [3.63, 3.8) is 0 Å². The highest BCUT2D eigenvalue weighted by Gasteiger charge is 2.29. The molecule has 1 aliphatic heterocycles. The van der Waals surface area contributed by atoms with Gasteiger partial charge in [0.15, 0.2) is 0 Å². The van der Waals surface area contributed by atoms with E-state index in [1.165, 1.54) is 24.0 Å². The minimum absolute atomic E-state index is 0.0996. The molecule has 1 N–H and O–H groups in total. The molecular weight excluding hydrogens is 198 g/mol. The first-order valence-electron chi connectivity index (χ1n) is 6.32. The number of hydrogen-bond acceptors (Lipinski definition) is 2. The van der Waals surface area contributed by atoms with E-state index >= 15 is 0 Å². The number of β-amino-alcohol motifs (C(OH)–C–C–N with tert-alkyl or cyclic N) is 1. The Bertz CT molecular complexity index is 352. The molecule has 0 spiro atoms. The Morgan fingerprint density at radius 3 is 2.44 bits per heavy atom. The lowest BCUT2D eigenvalue weighted by Crippen LogP contribution is -2.45. The lowest BCUT2D eigenvalue weighted by Gasteiger charge is -2.34. The fourth-order valence-corrected chi connectivity index (χ4v) is 3.11. The smallest absolute Gasteiger partial charge is 0.0667 e. The van der Waals surface area contributed by atoms with Crippen LogP contribution in [0, 0.1) is 0 Å². The zero-order valence-corrected chi connectivity index (χ0v) is 9.60. The number of aliphatic hydroxyl groups is 1. The Hall–Kier alpha value is -0.860. The molecule has 86 valence electrons. The van der Waals surface area contributed by atoms with E-state index in [9.17, 15) is 5.11 Å². The summed E-state index contributed by atoms with van der Waals surface area (Å²) in [4.78, 5) is 2.48. The number of piperidine rings is 1. The largest absolute Gasteiger partial charge is 0.392 e. The Labute approximate surface area is 96.9 Å². The van der Waals surface area contributed by atoms with Gasteiger partial charge in [-0.15, -0.1) is 0 Å². The van der Waals surface area contributed by atoms with Gasteiger partial charge in [0.05, 0.1) is 6.10 Å². The van der Waals surface area contributed by atoms with Gasteiger partial charge in [0.25, 0.3) is 0 Å². The Balaban J connectivity index is 1.71. The number of rotatable bonds is 1. The van der Waals surface area contributed by atoms with Crippen LogP contribution in [0.4, 0.5) is 0 Å². The predicted octanol–water partition coefficient (Wildman–Crippen LogP) is 1.61. The molecule has 1 heterocycles. The van der Waals surface area contributed by atoms with Gasteiger partial charge in [-0.1, -0.05) is 24.3 Å². The highest BCUT2D eigenvalue weighted by atomic mass is 16.3. The van der Waals surface area contributed by atoms with E-state index in [4.69, 9.17) is 0 Å². The van der Waals surface area contributed by atoms with E-state index in [0.29, 0.717) is 6.04 Å². The number of fused-ring (bicyclic) bond motifs is 1. The van der Waals surface area contributed by atoms with Crippen LogP contribution in [0.2, 0.25) is 0 Å². The van der Waals surface area contributed by atoms with Crippen molar-refractivity contribution in [1.29, 1.82) is 0 Å². The maximum absolute atomic E-state index is 9.72. The molecule has 0 radical (unpaired) electrons. The lowest BCUT2D eigenvalue weighted by atomic mass is 10.0. The number of hydrogen-bond donors (Lipinski definition) is 1. The molecule has 3 rings (SSSR count). The average molecular weight is 217 g/mol. The van der Waals surface area contributed by atoms with Crippen LogP contribution in [0.3, 0.4) is 0 Å². The molecule has 0 unspecified atom stereocenters. The fraction of sp³-hybridized carbons (Fsp3) is 0.571. The van der Waals surface area contributed by atoms with Crippen LogP contribution < -0.4 is 0 Å². The molecular formula is C14H19NO. The zero-order valence-electron chi connectivity index (χ0n) is 9.60. The molecule has 1 aliphatic carbocycles. The Kier molecular flexibility index (Phi) is 2.70. The van der Waals surface area contributed by atoms with Crippen LogP contribution in [0.15, 0.2) is 24.3 Å². The van der Waals surface area contributed by atoms with Crippen LogP contribution in [0.25, 0.3) is 0 Å². The minimum Gasteiger partial charge on any atom is -0.392 e. The quantitative estimate of drug-likeness (QED) is 0.772. The van der Waals surface area contributed by atoms with Crippen LogP contribution in [0.5, 0.6) is 0 Å². The third-order valence-corrected chi connectivity index (χ3v) is 3.97. The van der Waals surface area contributed by atoms with Crippen LogP contribution in [-0.4, -0.2) is 35.2 Å². The van der Waals surface area contributed by atoms with E-state index in [-0.39, 0.29) is 6.10 Å². The van der Waals surface area contributed by atoms with Gasteiger partial charge < -0.3 is 5.11 Å². The van der Waals surface area contributed by atoms with Gasteiger partial charge in [-0.2, -0.15) is 0 Å². The van der Waals surface area contributed by atoms with Gasteiger partial charge in [-0.3, -0.25) is 4.90 Å². The molecule has 1 aromatic carbocycles. The van der Waals surface area contributed by atoms with E-state index in [1.54, 1.807) is 0 Å². The van der Waals surface area contributed by atoms with E-state index in [2.05, 4.69) is 29.2 Å². The van der Waals surface area contributed by atoms with Gasteiger partial charge in [0.2, 0.25) is 0 Å².